The minimum Gasteiger partial charge on any atom is -0.460 e. The summed E-state index contributed by atoms with van der Waals surface area (Å²) in [5, 5.41) is 0. The van der Waals surface area contributed by atoms with Gasteiger partial charge in [0.25, 0.3) is 5.78 Å². The number of thiophene rings is 1. The van der Waals surface area contributed by atoms with E-state index in [-0.39, 0.29) is 23.6 Å². The summed E-state index contributed by atoms with van der Waals surface area (Å²) >= 11 is 0.128. The summed E-state index contributed by atoms with van der Waals surface area (Å²) in [5.74, 6) is -2.38. The van der Waals surface area contributed by atoms with Gasteiger partial charge >= 0.3 is 12.1 Å². The molecule has 0 aliphatic carbocycles. The van der Waals surface area contributed by atoms with E-state index < -0.39 is 27.7 Å². The predicted octanol–water partition coefficient (Wildman–Crippen LogP) is 2.09. The van der Waals surface area contributed by atoms with Gasteiger partial charge < -0.3 is 10.5 Å². The summed E-state index contributed by atoms with van der Waals surface area (Å²) < 4.78 is 41.4. The van der Waals surface area contributed by atoms with E-state index in [1.807, 2.05) is 0 Å². The monoisotopic (exact) mass is 267 g/mol. The molecule has 0 amide bonds. The molecule has 0 unspecified atom stereocenters. The molecule has 1 heterocycles. The molecule has 0 atom stereocenters. The van der Waals surface area contributed by atoms with Gasteiger partial charge in [-0.25, -0.2) is 4.79 Å². The van der Waals surface area contributed by atoms with Crippen LogP contribution in [0.3, 0.4) is 0 Å². The lowest BCUT2D eigenvalue weighted by Gasteiger charge is -2.00. The van der Waals surface area contributed by atoms with E-state index >= 15 is 0 Å². The van der Waals surface area contributed by atoms with Crippen LogP contribution >= 0.6 is 11.3 Å². The molecule has 0 aliphatic rings. The normalized spacial score (nSPS) is 11.3. The summed E-state index contributed by atoms with van der Waals surface area (Å²) in [6.45, 7) is 1.44. The molecule has 94 valence electrons. The molecule has 1 rings (SSSR count). The highest BCUT2D eigenvalue weighted by Crippen LogP contribution is 2.38. The van der Waals surface area contributed by atoms with Gasteiger partial charge in [0.05, 0.1) is 12.3 Å². The molecule has 8 heteroatoms. The van der Waals surface area contributed by atoms with Crippen molar-refractivity contribution < 1.29 is 27.5 Å². The molecule has 0 bridgehead atoms. The zero-order valence-electron chi connectivity index (χ0n) is 8.63. The van der Waals surface area contributed by atoms with E-state index in [2.05, 4.69) is 4.74 Å². The Morgan fingerprint density at radius 2 is 2.06 bits per heavy atom. The maximum atomic E-state index is 12.3. The summed E-state index contributed by atoms with van der Waals surface area (Å²) in [5.41, 5.74) is 4.88. The molecule has 0 saturated heterocycles. The van der Waals surface area contributed by atoms with Gasteiger partial charge in [0.1, 0.15) is 9.75 Å². The Balaban J connectivity index is 3.04. The van der Waals surface area contributed by atoms with E-state index in [1.165, 1.54) is 6.92 Å². The Kier molecular flexibility index (Phi) is 3.76. The third-order valence-electron chi connectivity index (χ3n) is 1.71. The molecule has 0 aliphatic heterocycles. The number of ether oxygens (including phenoxy) is 1. The first-order chi connectivity index (χ1) is 7.77. The fourth-order valence-corrected chi connectivity index (χ4v) is 1.89. The van der Waals surface area contributed by atoms with Crippen molar-refractivity contribution in [2.24, 2.45) is 0 Å². The van der Waals surface area contributed by atoms with Crippen molar-refractivity contribution >= 4 is 28.8 Å². The lowest BCUT2D eigenvalue weighted by molar-refractivity contribution is -0.137. The van der Waals surface area contributed by atoms with Gasteiger partial charge in [0, 0.05) is 0 Å². The maximum Gasteiger partial charge on any atom is 0.425 e. The van der Waals surface area contributed by atoms with E-state index in [1.54, 1.807) is 0 Å². The molecular weight excluding hydrogens is 259 g/mol. The summed E-state index contributed by atoms with van der Waals surface area (Å²) in [7, 11) is 0. The summed E-state index contributed by atoms with van der Waals surface area (Å²) in [4.78, 5) is 21.0. The highest BCUT2D eigenvalue weighted by molar-refractivity contribution is 7.15. The fraction of sp³-hybridized carbons (Fsp3) is 0.333. The second kappa shape index (κ2) is 4.74. The molecule has 0 radical (unpaired) electrons. The average molecular weight is 267 g/mol. The van der Waals surface area contributed by atoms with Crippen LogP contribution in [0.15, 0.2) is 6.07 Å². The second-order valence-electron chi connectivity index (χ2n) is 2.94. The fourth-order valence-electron chi connectivity index (χ4n) is 1.01. The zero-order valence-corrected chi connectivity index (χ0v) is 9.45. The molecule has 0 spiro atoms. The molecule has 0 saturated carbocycles. The van der Waals surface area contributed by atoms with Crippen LogP contribution in [0.4, 0.5) is 18.9 Å². The quantitative estimate of drug-likeness (QED) is 0.517. The van der Waals surface area contributed by atoms with Gasteiger partial charge in [-0.1, -0.05) is 0 Å². The van der Waals surface area contributed by atoms with Crippen LogP contribution in [0.1, 0.15) is 21.5 Å². The van der Waals surface area contributed by atoms with Crippen LogP contribution in [0.5, 0.6) is 0 Å². The first-order valence-electron chi connectivity index (χ1n) is 4.45. The number of hydrogen-bond acceptors (Lipinski definition) is 5. The van der Waals surface area contributed by atoms with Gasteiger partial charge in [-0.05, 0) is 13.0 Å². The van der Waals surface area contributed by atoms with Crippen LogP contribution in [0, 0.1) is 0 Å². The number of nitrogens with two attached hydrogens (primary N) is 1. The number of carbonyl (C=O) groups excluding carboxylic acids is 2. The Hall–Kier alpha value is -1.57. The number of alkyl halides is 3. The summed E-state index contributed by atoms with van der Waals surface area (Å²) in [6, 6.07) is 0.622. The maximum absolute atomic E-state index is 12.3. The van der Waals surface area contributed by atoms with Crippen molar-refractivity contribution in [3.63, 3.8) is 0 Å². The van der Waals surface area contributed by atoms with Crippen LogP contribution < -0.4 is 5.73 Å². The van der Waals surface area contributed by atoms with Crippen LogP contribution in [-0.4, -0.2) is 18.4 Å². The largest absolute Gasteiger partial charge is 0.460 e. The van der Waals surface area contributed by atoms with Crippen molar-refractivity contribution in [2.45, 2.75) is 13.1 Å². The highest BCUT2D eigenvalue weighted by atomic mass is 32.1. The van der Waals surface area contributed by atoms with Gasteiger partial charge in [-0.2, -0.15) is 13.2 Å². The number of carbonyl (C=O) groups is 2. The van der Waals surface area contributed by atoms with Gasteiger partial charge in [0.2, 0.25) is 0 Å². The molecule has 2 N–H and O–H groups in total. The first kappa shape index (κ1) is 13.5. The van der Waals surface area contributed by atoms with Crippen molar-refractivity contribution in [3.05, 3.63) is 15.8 Å². The van der Waals surface area contributed by atoms with E-state index in [4.69, 9.17) is 5.73 Å². The number of nitrogen functional groups attached to an aromatic ring is 1. The number of esters is 1. The van der Waals surface area contributed by atoms with Crippen LogP contribution in [-0.2, 0) is 15.7 Å². The molecule has 17 heavy (non-hydrogen) atoms. The Bertz CT molecular complexity index is 453. The van der Waals surface area contributed by atoms with E-state index in [9.17, 15) is 22.8 Å². The van der Waals surface area contributed by atoms with E-state index in [0.717, 1.165) is 0 Å². The van der Waals surface area contributed by atoms with Crippen molar-refractivity contribution in [3.8, 4) is 0 Å². The number of ketones is 1. The average Bonchev–Trinajstić information content (AvgIpc) is 2.59. The van der Waals surface area contributed by atoms with Crippen LogP contribution in [0.25, 0.3) is 0 Å². The molecule has 0 aromatic carbocycles. The number of hydrogen-bond donors (Lipinski definition) is 1. The second-order valence-corrected chi connectivity index (χ2v) is 3.99. The Morgan fingerprint density at radius 3 is 2.47 bits per heavy atom. The predicted molar refractivity (Wildman–Crippen MR) is 54.7 cm³/mol. The number of anilines is 1. The molecule has 1 aromatic heterocycles. The van der Waals surface area contributed by atoms with E-state index in [0.29, 0.717) is 6.07 Å². The summed E-state index contributed by atoms with van der Waals surface area (Å²) in [6.07, 6.45) is -4.59. The lowest BCUT2D eigenvalue weighted by Crippen LogP contribution is -2.17. The SMILES string of the molecule is CCOC(=O)C(=O)c1sc(C(F)(F)F)cc1N. The molecule has 0 fully saturated rings. The topological polar surface area (TPSA) is 69.4 Å². The molecule has 1 aromatic rings. The minimum absolute atomic E-state index is 0.0397. The van der Waals surface area contributed by atoms with Crippen molar-refractivity contribution in [1.29, 1.82) is 0 Å². The molecular formula is C9H8F3NO3S. The lowest BCUT2D eigenvalue weighted by atomic mass is 10.3. The van der Waals surface area contributed by atoms with Crippen molar-refractivity contribution in [2.75, 3.05) is 12.3 Å². The number of rotatable bonds is 3. The third-order valence-corrected chi connectivity index (χ3v) is 2.90. The standard InChI is InChI=1S/C9H8F3NO3S/c1-2-16-8(15)6(14)7-4(13)3-5(17-7)9(10,11)12/h3H,2,13H2,1H3. The third kappa shape index (κ3) is 2.96. The Labute approximate surface area is 98.2 Å². The van der Waals surface area contributed by atoms with Gasteiger partial charge in [-0.15, -0.1) is 11.3 Å². The highest BCUT2D eigenvalue weighted by Gasteiger charge is 2.35. The van der Waals surface area contributed by atoms with Gasteiger partial charge in [0.15, 0.2) is 0 Å². The van der Waals surface area contributed by atoms with Crippen LogP contribution in [0.2, 0.25) is 0 Å². The zero-order chi connectivity index (χ0) is 13.2. The Morgan fingerprint density at radius 1 is 1.47 bits per heavy atom. The molecule has 4 nitrogen and oxygen atoms in total. The smallest absolute Gasteiger partial charge is 0.425 e. The number of Topliss-reactive ketones (excluding diaryl/α,β-unsaturated/α-hetero) is 1. The number of halogens is 3. The van der Waals surface area contributed by atoms with Crippen molar-refractivity contribution in [1.82, 2.24) is 0 Å². The minimum atomic E-state index is -4.59. The first-order valence-corrected chi connectivity index (χ1v) is 5.27. The van der Waals surface area contributed by atoms with Gasteiger partial charge in [-0.3, -0.25) is 4.79 Å².